The maximum absolute atomic E-state index is 11.0. The van der Waals surface area contributed by atoms with Gasteiger partial charge in [0.25, 0.3) is 0 Å². The number of hydrogen-bond donors (Lipinski definition) is 1. The van der Waals surface area contributed by atoms with Crippen molar-refractivity contribution in [3.8, 4) is 0 Å². The highest BCUT2D eigenvalue weighted by molar-refractivity contribution is 5.52. The number of unbranched alkanes of at least 4 members (excludes halogenated alkanes) is 13. The van der Waals surface area contributed by atoms with Crippen molar-refractivity contribution < 1.29 is 4.79 Å². The summed E-state index contributed by atoms with van der Waals surface area (Å²) >= 11 is 0. The summed E-state index contributed by atoms with van der Waals surface area (Å²) in [6.45, 7) is 20.0. The van der Waals surface area contributed by atoms with Gasteiger partial charge in [-0.1, -0.05) is 128 Å². The van der Waals surface area contributed by atoms with Gasteiger partial charge in [-0.25, -0.2) is 4.79 Å². The van der Waals surface area contributed by atoms with Crippen molar-refractivity contribution >= 4 is 5.94 Å². The van der Waals surface area contributed by atoms with E-state index < -0.39 is 0 Å². The second-order valence-electron chi connectivity index (χ2n) is 11.6. The quantitative estimate of drug-likeness (QED) is 0.0756. The van der Waals surface area contributed by atoms with E-state index in [-0.39, 0.29) is 6.04 Å². The molecule has 0 fully saturated rings. The molecular formula is C36H60N2O. The number of likely N-dealkylation sites (N-methyl/N-ethyl adjacent to an activating group) is 1. The maximum Gasteiger partial charge on any atom is 0.123 e. The third-order valence-electron chi connectivity index (χ3n) is 8.19. The Kier molecular flexibility index (Phi) is 19.2. The number of nitrogens with zero attached hydrogens (tertiary/aromatic N) is 1. The lowest BCUT2D eigenvalue weighted by molar-refractivity contribution is 0.328. The Morgan fingerprint density at radius 1 is 0.974 bits per heavy atom. The molecule has 0 radical (unpaired) electrons. The van der Waals surface area contributed by atoms with Crippen molar-refractivity contribution in [2.45, 2.75) is 142 Å². The Hall–Kier alpha value is -2.25. The average Bonchev–Trinajstić information content (AvgIpc) is 2.94. The van der Waals surface area contributed by atoms with Gasteiger partial charge in [0.2, 0.25) is 0 Å². The largest absolute Gasteiger partial charge is 0.385 e. The lowest BCUT2D eigenvalue weighted by Crippen LogP contribution is -2.33. The molecule has 0 saturated heterocycles. The highest BCUT2D eigenvalue weighted by Gasteiger charge is 2.23. The van der Waals surface area contributed by atoms with Crippen molar-refractivity contribution in [1.82, 2.24) is 10.2 Å². The molecule has 1 atom stereocenters. The summed E-state index contributed by atoms with van der Waals surface area (Å²) in [7, 11) is 2.09. The zero-order valence-corrected chi connectivity index (χ0v) is 26.1. The monoisotopic (exact) mass is 536 g/mol. The highest BCUT2D eigenvalue weighted by atomic mass is 16.1. The van der Waals surface area contributed by atoms with Gasteiger partial charge in [0.05, 0.1) is 0 Å². The molecule has 3 nitrogen and oxygen atoms in total. The van der Waals surface area contributed by atoms with Gasteiger partial charge in [-0.05, 0) is 51.5 Å². The lowest BCUT2D eigenvalue weighted by atomic mass is 9.90. The Morgan fingerprint density at radius 2 is 1.51 bits per heavy atom. The molecule has 1 N–H and O–H groups in total. The third-order valence-corrected chi connectivity index (χ3v) is 8.19. The minimum absolute atomic E-state index is 0.136. The standard InChI is InChI=1S/C36H60N2O/c1-8-10-11-12-13-14-15-16-17-18-19-20-21-22-28-37-35-25-23-24-34(33(35)9-2)32(6)38(7)36(30(3)4)27-26-31(5)29-39/h9,25,36-37H,2-3,6,8,10-24,26-28H2,1,4-5,7H3. The Bertz CT molecular complexity index is 855. The molecular weight excluding hydrogens is 476 g/mol. The maximum atomic E-state index is 11.0. The first kappa shape index (κ1) is 34.8. The van der Waals surface area contributed by atoms with Gasteiger partial charge in [0, 0.05) is 42.2 Å². The van der Waals surface area contributed by atoms with Gasteiger partial charge >= 0.3 is 0 Å². The van der Waals surface area contributed by atoms with Gasteiger partial charge < -0.3 is 10.2 Å². The van der Waals surface area contributed by atoms with Crippen LogP contribution in [-0.4, -0.2) is 30.5 Å². The summed E-state index contributed by atoms with van der Waals surface area (Å²) in [4.78, 5) is 13.2. The minimum Gasteiger partial charge on any atom is -0.385 e. The molecule has 0 saturated carbocycles. The predicted octanol–water partition coefficient (Wildman–Crippen LogP) is 10.2. The van der Waals surface area contributed by atoms with Crippen LogP contribution in [0.2, 0.25) is 0 Å². The van der Waals surface area contributed by atoms with Gasteiger partial charge in [0.1, 0.15) is 5.94 Å². The van der Waals surface area contributed by atoms with Crippen LogP contribution in [0.15, 0.2) is 65.6 Å². The van der Waals surface area contributed by atoms with Crippen molar-refractivity contribution in [3.63, 3.8) is 0 Å². The number of carbonyl (C=O) groups excluding carboxylic acids is 1. The number of rotatable bonds is 24. The third kappa shape index (κ3) is 14.1. The van der Waals surface area contributed by atoms with Crippen LogP contribution in [0.1, 0.15) is 136 Å². The smallest absolute Gasteiger partial charge is 0.123 e. The van der Waals surface area contributed by atoms with Crippen LogP contribution in [0.25, 0.3) is 0 Å². The molecule has 0 aromatic heterocycles. The second-order valence-corrected chi connectivity index (χ2v) is 11.6. The van der Waals surface area contributed by atoms with Crippen LogP contribution in [0.5, 0.6) is 0 Å². The number of allylic oxidation sites excluding steroid dienone is 4. The molecule has 220 valence electrons. The van der Waals surface area contributed by atoms with E-state index in [4.69, 9.17) is 0 Å². The first-order valence-electron chi connectivity index (χ1n) is 15.9. The van der Waals surface area contributed by atoms with Crippen molar-refractivity contribution in [2.24, 2.45) is 0 Å². The van der Waals surface area contributed by atoms with Crippen molar-refractivity contribution in [2.75, 3.05) is 13.6 Å². The van der Waals surface area contributed by atoms with Crippen LogP contribution >= 0.6 is 0 Å². The van der Waals surface area contributed by atoms with E-state index in [1.165, 1.54) is 107 Å². The highest BCUT2D eigenvalue weighted by Crippen LogP contribution is 2.32. The normalized spacial score (nSPS) is 13.9. The Morgan fingerprint density at radius 3 is 2.00 bits per heavy atom. The Labute approximate surface area is 242 Å². The molecule has 0 heterocycles. The fraction of sp³-hybridized carbons (Fsp3) is 0.667. The summed E-state index contributed by atoms with van der Waals surface area (Å²) in [5.41, 5.74) is 6.49. The lowest BCUT2D eigenvalue weighted by Gasteiger charge is -2.35. The van der Waals surface area contributed by atoms with E-state index >= 15 is 0 Å². The first-order valence-corrected chi connectivity index (χ1v) is 15.9. The minimum atomic E-state index is 0.136. The van der Waals surface area contributed by atoms with Crippen LogP contribution < -0.4 is 5.32 Å². The van der Waals surface area contributed by atoms with E-state index in [0.29, 0.717) is 0 Å². The van der Waals surface area contributed by atoms with E-state index in [2.05, 4.69) is 56.9 Å². The van der Waals surface area contributed by atoms with Gasteiger partial charge in [-0.15, -0.1) is 0 Å². The molecule has 1 aliphatic carbocycles. The molecule has 39 heavy (non-hydrogen) atoms. The molecule has 0 aromatic carbocycles. The molecule has 1 rings (SSSR count). The zero-order chi connectivity index (χ0) is 28.9. The molecule has 3 heteroatoms. The molecule has 0 aliphatic heterocycles. The number of hydrogen-bond acceptors (Lipinski definition) is 3. The van der Waals surface area contributed by atoms with E-state index in [9.17, 15) is 4.79 Å². The summed E-state index contributed by atoms with van der Waals surface area (Å²) in [5, 5.41) is 3.70. The van der Waals surface area contributed by atoms with E-state index in [1.54, 1.807) is 0 Å². The van der Waals surface area contributed by atoms with E-state index in [0.717, 1.165) is 49.1 Å². The topological polar surface area (TPSA) is 32.3 Å². The summed E-state index contributed by atoms with van der Waals surface area (Å²) in [6.07, 6.45) is 27.2. The first-order chi connectivity index (χ1) is 18.9. The molecule has 0 bridgehead atoms. The predicted molar refractivity (Wildman–Crippen MR) is 172 cm³/mol. The summed E-state index contributed by atoms with van der Waals surface area (Å²) < 4.78 is 0. The molecule has 1 unspecified atom stereocenters. The van der Waals surface area contributed by atoms with Crippen LogP contribution in [-0.2, 0) is 4.79 Å². The fourth-order valence-electron chi connectivity index (χ4n) is 5.59. The van der Waals surface area contributed by atoms with E-state index in [1.807, 2.05) is 18.9 Å². The Balaban J connectivity index is 2.40. The molecule has 0 aromatic rings. The molecule has 0 spiro atoms. The van der Waals surface area contributed by atoms with Crippen LogP contribution in [0, 0.1) is 0 Å². The second kappa shape index (κ2) is 21.6. The molecule has 0 amide bonds. The van der Waals surface area contributed by atoms with Crippen molar-refractivity contribution in [1.29, 1.82) is 0 Å². The van der Waals surface area contributed by atoms with Gasteiger partial charge in [0.15, 0.2) is 0 Å². The zero-order valence-electron chi connectivity index (χ0n) is 26.1. The van der Waals surface area contributed by atoms with Crippen LogP contribution in [0.3, 0.4) is 0 Å². The molecule has 1 aliphatic rings. The summed E-state index contributed by atoms with van der Waals surface area (Å²) in [6, 6.07) is 0.136. The van der Waals surface area contributed by atoms with Crippen molar-refractivity contribution in [3.05, 3.63) is 65.6 Å². The van der Waals surface area contributed by atoms with Gasteiger partial charge in [-0.3, -0.25) is 0 Å². The number of nitrogens with one attached hydrogen (secondary N) is 1. The SMILES string of the molecule is C=CC1=C(C(=C)N(C)C(CCC(C)=C=O)C(=C)C)CCC=C1NCCCCCCCCCCCCCCCC. The fourth-order valence-corrected chi connectivity index (χ4v) is 5.59. The summed E-state index contributed by atoms with van der Waals surface area (Å²) in [5.74, 6) is 2.02. The van der Waals surface area contributed by atoms with Crippen LogP contribution in [0.4, 0.5) is 0 Å². The van der Waals surface area contributed by atoms with Gasteiger partial charge in [-0.2, -0.15) is 0 Å². The average molecular weight is 537 g/mol.